The van der Waals surface area contributed by atoms with E-state index in [1.807, 2.05) is 22.7 Å². The van der Waals surface area contributed by atoms with E-state index in [-0.39, 0.29) is 11.3 Å². The highest BCUT2D eigenvalue weighted by Crippen LogP contribution is 2.57. The maximum atomic E-state index is 13.7. The monoisotopic (exact) mass is 321 g/mol. The van der Waals surface area contributed by atoms with Gasteiger partial charge in [0.15, 0.2) is 0 Å². The minimum Gasteiger partial charge on any atom is -0.273 e. The maximum Gasteiger partial charge on any atom is 0.243 e. The lowest BCUT2D eigenvalue weighted by Gasteiger charge is -2.33. The highest BCUT2D eigenvalue weighted by Gasteiger charge is 2.54. The van der Waals surface area contributed by atoms with Crippen molar-refractivity contribution in [2.75, 3.05) is 4.90 Å². The topological polar surface area (TPSA) is 38.1 Å². The molecule has 1 amide bonds. The smallest absolute Gasteiger partial charge is 0.243 e. The summed E-state index contributed by atoms with van der Waals surface area (Å²) in [5, 5.41) is 4.29. The summed E-state index contributed by atoms with van der Waals surface area (Å²) in [5.41, 5.74) is 3.59. The van der Waals surface area contributed by atoms with Gasteiger partial charge in [0.25, 0.3) is 0 Å². The van der Waals surface area contributed by atoms with E-state index in [2.05, 4.69) is 23.3 Å². The molecule has 1 aromatic carbocycles. The normalized spacial score (nSPS) is 22.2. The Kier molecular flexibility index (Phi) is 2.94. The first kappa shape index (κ1) is 14.3. The van der Waals surface area contributed by atoms with Crippen molar-refractivity contribution in [3.63, 3.8) is 0 Å². The van der Waals surface area contributed by atoms with Gasteiger partial charge in [0.2, 0.25) is 5.91 Å². The van der Waals surface area contributed by atoms with Crippen molar-refractivity contribution < 1.29 is 4.79 Å². The van der Waals surface area contributed by atoms with Crippen molar-refractivity contribution in [3.05, 3.63) is 41.6 Å². The molecule has 1 aliphatic heterocycles. The van der Waals surface area contributed by atoms with Crippen molar-refractivity contribution in [2.45, 2.75) is 56.3 Å². The molecule has 24 heavy (non-hydrogen) atoms. The first-order valence-corrected chi connectivity index (χ1v) is 9.18. The maximum absolute atomic E-state index is 13.7. The van der Waals surface area contributed by atoms with Crippen molar-refractivity contribution in [1.82, 2.24) is 9.78 Å². The first-order chi connectivity index (χ1) is 11.7. The second-order valence-electron chi connectivity index (χ2n) is 7.61. The minimum atomic E-state index is -0.295. The van der Waals surface area contributed by atoms with Gasteiger partial charge >= 0.3 is 0 Å². The number of benzene rings is 1. The van der Waals surface area contributed by atoms with E-state index >= 15 is 0 Å². The molecule has 4 nitrogen and oxygen atoms in total. The molecule has 124 valence electrons. The quantitative estimate of drug-likeness (QED) is 0.832. The van der Waals surface area contributed by atoms with Gasteiger partial charge in [-0.2, -0.15) is 5.10 Å². The molecule has 2 aromatic rings. The van der Waals surface area contributed by atoms with Crippen LogP contribution in [0.15, 0.2) is 30.5 Å². The minimum absolute atomic E-state index is 0.272. The Morgan fingerprint density at radius 1 is 1.12 bits per heavy atom. The van der Waals surface area contributed by atoms with Crippen molar-refractivity contribution >= 4 is 17.4 Å². The molecule has 0 atom stereocenters. The molecule has 4 heteroatoms. The van der Waals surface area contributed by atoms with Crippen LogP contribution in [-0.4, -0.2) is 15.7 Å². The molecule has 0 N–H and O–H groups in total. The number of anilines is 2. The third-order valence-electron chi connectivity index (χ3n) is 6.16. The fourth-order valence-electron chi connectivity index (χ4n) is 4.86. The second kappa shape index (κ2) is 4.95. The fraction of sp³-hybridized carbons (Fsp3) is 0.500. The fourth-order valence-corrected chi connectivity index (χ4v) is 4.86. The van der Waals surface area contributed by atoms with Gasteiger partial charge in [0.1, 0.15) is 5.82 Å². The average molecular weight is 321 g/mol. The van der Waals surface area contributed by atoms with Crippen LogP contribution >= 0.6 is 0 Å². The number of hydrogen-bond acceptors (Lipinski definition) is 2. The molecule has 0 radical (unpaired) electrons. The van der Waals surface area contributed by atoms with Gasteiger partial charge in [-0.05, 0) is 48.8 Å². The number of nitrogens with zero attached hydrogens (tertiary/aromatic N) is 3. The standard InChI is InChI=1S/C20H23N3O/c1-22-17(10-13-21-22)23-16-7-5-6-15(14-8-9-14)18(16)20(19(23)24)11-3-2-4-12-20/h5-7,10,13-14H,2-4,8-9,11-12H2,1H3. The van der Waals surface area contributed by atoms with E-state index in [4.69, 9.17) is 0 Å². The van der Waals surface area contributed by atoms with Crippen molar-refractivity contribution in [3.8, 4) is 0 Å². The summed E-state index contributed by atoms with van der Waals surface area (Å²) in [5.74, 6) is 1.82. The van der Waals surface area contributed by atoms with Crippen LogP contribution in [0.5, 0.6) is 0 Å². The Labute approximate surface area is 142 Å². The highest BCUT2D eigenvalue weighted by molar-refractivity contribution is 6.13. The van der Waals surface area contributed by atoms with Crippen LogP contribution in [0.4, 0.5) is 11.5 Å². The van der Waals surface area contributed by atoms with Gasteiger partial charge in [-0.25, -0.2) is 0 Å². The van der Waals surface area contributed by atoms with Crippen LogP contribution in [0.2, 0.25) is 0 Å². The highest BCUT2D eigenvalue weighted by atomic mass is 16.2. The van der Waals surface area contributed by atoms with E-state index in [9.17, 15) is 4.79 Å². The average Bonchev–Trinajstić information content (AvgIpc) is 3.34. The van der Waals surface area contributed by atoms with E-state index in [0.29, 0.717) is 5.92 Å². The lowest BCUT2D eigenvalue weighted by molar-refractivity contribution is -0.123. The van der Waals surface area contributed by atoms with Crippen LogP contribution in [0.25, 0.3) is 0 Å². The van der Waals surface area contributed by atoms with Gasteiger partial charge in [0.05, 0.1) is 17.3 Å². The second-order valence-corrected chi connectivity index (χ2v) is 7.61. The predicted molar refractivity (Wildman–Crippen MR) is 93.5 cm³/mol. The molecule has 2 saturated carbocycles. The largest absolute Gasteiger partial charge is 0.273 e. The number of carbonyl (C=O) groups excluding carboxylic acids is 1. The van der Waals surface area contributed by atoms with Crippen LogP contribution < -0.4 is 4.90 Å². The molecule has 0 unspecified atom stereocenters. The summed E-state index contributed by atoms with van der Waals surface area (Å²) in [4.78, 5) is 15.6. The molecule has 2 heterocycles. The van der Waals surface area contributed by atoms with Crippen LogP contribution in [0.3, 0.4) is 0 Å². The summed E-state index contributed by atoms with van der Waals surface area (Å²) in [6.07, 6.45) is 9.88. The van der Waals surface area contributed by atoms with Gasteiger partial charge in [0, 0.05) is 13.1 Å². The molecular formula is C20H23N3O. The molecule has 1 aromatic heterocycles. The molecule has 3 aliphatic rings. The Balaban J connectivity index is 1.75. The SMILES string of the molecule is Cn1nccc1N1C(=O)C2(CCCCC2)c2c(C3CC3)cccc21. The Morgan fingerprint density at radius 3 is 2.58 bits per heavy atom. The molecular weight excluding hydrogens is 298 g/mol. The van der Waals surface area contributed by atoms with Gasteiger partial charge in [-0.3, -0.25) is 14.4 Å². The lowest BCUT2D eigenvalue weighted by atomic mass is 9.68. The summed E-state index contributed by atoms with van der Waals surface area (Å²) < 4.78 is 1.81. The number of rotatable bonds is 2. The van der Waals surface area contributed by atoms with E-state index < -0.39 is 0 Å². The van der Waals surface area contributed by atoms with Crippen molar-refractivity contribution in [2.24, 2.45) is 7.05 Å². The third kappa shape index (κ3) is 1.80. The number of aromatic nitrogens is 2. The summed E-state index contributed by atoms with van der Waals surface area (Å²) in [7, 11) is 1.92. The van der Waals surface area contributed by atoms with Crippen LogP contribution in [0.1, 0.15) is 62.0 Å². The molecule has 2 aliphatic carbocycles. The molecule has 1 spiro atoms. The number of fused-ring (bicyclic) bond motifs is 2. The van der Waals surface area contributed by atoms with Crippen LogP contribution in [0, 0.1) is 0 Å². The number of aryl methyl sites for hydroxylation is 1. The predicted octanol–water partition coefficient (Wildman–Crippen LogP) is 4.18. The Bertz CT molecular complexity index is 812. The molecule has 2 fully saturated rings. The van der Waals surface area contributed by atoms with Crippen molar-refractivity contribution in [1.29, 1.82) is 0 Å². The summed E-state index contributed by atoms with van der Waals surface area (Å²) >= 11 is 0. The number of hydrogen-bond donors (Lipinski definition) is 0. The van der Waals surface area contributed by atoms with Gasteiger partial charge in [-0.15, -0.1) is 0 Å². The third-order valence-corrected chi connectivity index (χ3v) is 6.16. The van der Waals surface area contributed by atoms with E-state index in [0.717, 1.165) is 37.2 Å². The first-order valence-electron chi connectivity index (χ1n) is 9.18. The zero-order valence-corrected chi connectivity index (χ0v) is 14.2. The zero-order valence-electron chi connectivity index (χ0n) is 14.2. The van der Waals surface area contributed by atoms with E-state index in [1.165, 1.54) is 30.4 Å². The molecule has 0 saturated heterocycles. The molecule has 0 bridgehead atoms. The summed E-state index contributed by atoms with van der Waals surface area (Å²) in [6.45, 7) is 0. The Morgan fingerprint density at radius 2 is 1.92 bits per heavy atom. The Hall–Kier alpha value is -2.10. The lowest BCUT2D eigenvalue weighted by Crippen LogP contribution is -2.40. The van der Waals surface area contributed by atoms with Gasteiger partial charge < -0.3 is 0 Å². The summed E-state index contributed by atoms with van der Waals surface area (Å²) in [6, 6.07) is 8.49. The zero-order chi connectivity index (χ0) is 16.3. The van der Waals surface area contributed by atoms with Crippen LogP contribution in [-0.2, 0) is 17.3 Å². The molecule has 5 rings (SSSR count). The number of carbonyl (C=O) groups is 1. The number of amides is 1. The van der Waals surface area contributed by atoms with Gasteiger partial charge in [-0.1, -0.05) is 31.4 Å². The van der Waals surface area contributed by atoms with E-state index in [1.54, 1.807) is 6.20 Å².